The predicted molar refractivity (Wildman–Crippen MR) is 186 cm³/mol. The van der Waals surface area contributed by atoms with E-state index in [-0.39, 0.29) is 35.1 Å². The summed E-state index contributed by atoms with van der Waals surface area (Å²) in [5.41, 5.74) is 2.27. The van der Waals surface area contributed by atoms with Crippen LogP contribution in [0, 0.1) is 45.8 Å². The molecule has 5 aliphatic carbocycles. The van der Waals surface area contributed by atoms with Crippen LogP contribution in [-0.2, 0) is 9.53 Å². The smallest absolute Gasteiger partial charge is 0.159 e. The fraction of sp³-hybridized carbons (Fsp3) is 0.925. The number of carbonyl (C=O) groups excluding carboxylic acids is 1. The standard InChI is InChI=1S/C40H66N2O6/c1-35(2,16-11-24-15-20-42-32(41)21-24)38(5,46)34-33(48-34)37(4,45)31-14-19-40(47)28-23-30(44)29-22-26(43)12-18-39(29,25-9-7-6-8-10-25)27(28)13-17-36(31,40)3/h23-27,29,31-34,42-43,45-47H,6-22,41H2,1-5H3/t24?,26-,27+,29+,31-,32?,33+,34-,36+,37+,38-,39-,40+/m0/s1. The predicted octanol–water partition coefficient (Wildman–Crippen LogP) is 5.14. The largest absolute Gasteiger partial charge is 0.393 e. The van der Waals surface area contributed by atoms with E-state index in [0.717, 1.165) is 76.3 Å². The molecule has 0 spiro atoms. The second-order valence-corrected chi connectivity index (χ2v) is 19.1. The number of fused-ring (bicyclic) bond motifs is 5. The first-order chi connectivity index (χ1) is 22.5. The minimum absolute atomic E-state index is 0.0392. The van der Waals surface area contributed by atoms with E-state index in [1.807, 2.05) is 19.9 Å². The molecule has 2 aliphatic heterocycles. The summed E-state index contributed by atoms with van der Waals surface area (Å²) in [6, 6.07) is 0. The van der Waals surface area contributed by atoms with Crippen LogP contribution >= 0.6 is 0 Å². The van der Waals surface area contributed by atoms with E-state index in [2.05, 4.69) is 26.1 Å². The van der Waals surface area contributed by atoms with Crippen LogP contribution in [-0.4, -0.2) is 74.0 Å². The number of piperidine rings is 1. The Bertz CT molecular complexity index is 1270. The first-order valence-corrected chi connectivity index (χ1v) is 19.7. The Kier molecular flexibility index (Phi) is 8.95. The molecule has 0 aromatic carbocycles. The molecule has 272 valence electrons. The van der Waals surface area contributed by atoms with Gasteiger partial charge < -0.3 is 36.2 Å². The first kappa shape index (κ1) is 35.5. The van der Waals surface area contributed by atoms with Gasteiger partial charge in [0.25, 0.3) is 0 Å². The number of hydrogen-bond acceptors (Lipinski definition) is 8. The number of ketones is 1. The van der Waals surface area contributed by atoms with Crippen molar-refractivity contribution in [3.8, 4) is 0 Å². The highest BCUT2D eigenvalue weighted by molar-refractivity contribution is 5.95. The zero-order valence-electron chi connectivity index (χ0n) is 30.5. The highest BCUT2D eigenvalue weighted by Gasteiger charge is 2.73. The lowest BCUT2D eigenvalue weighted by molar-refractivity contribution is -0.165. The Morgan fingerprint density at radius 2 is 1.67 bits per heavy atom. The van der Waals surface area contributed by atoms with Crippen molar-refractivity contribution in [2.75, 3.05) is 6.54 Å². The van der Waals surface area contributed by atoms with Crippen molar-refractivity contribution in [3.63, 3.8) is 0 Å². The van der Waals surface area contributed by atoms with Crippen LogP contribution < -0.4 is 11.1 Å². The summed E-state index contributed by atoms with van der Waals surface area (Å²) in [5.74, 6) is 0.825. The van der Waals surface area contributed by atoms with Gasteiger partial charge in [0.2, 0.25) is 0 Å². The number of nitrogens with one attached hydrogen (secondary N) is 1. The Labute approximate surface area is 289 Å². The average molecular weight is 671 g/mol. The van der Waals surface area contributed by atoms with E-state index >= 15 is 0 Å². The quantitative estimate of drug-likeness (QED) is 0.195. The summed E-state index contributed by atoms with van der Waals surface area (Å²) < 4.78 is 6.31. The van der Waals surface area contributed by atoms with E-state index in [4.69, 9.17) is 10.5 Å². The minimum Gasteiger partial charge on any atom is -0.393 e. The van der Waals surface area contributed by atoms with E-state index in [1.54, 1.807) is 0 Å². The molecule has 2 saturated heterocycles. The Hall–Kier alpha value is -0.870. The van der Waals surface area contributed by atoms with Crippen LogP contribution in [0.3, 0.4) is 0 Å². The molecular weight excluding hydrogens is 604 g/mol. The van der Waals surface area contributed by atoms with Gasteiger partial charge in [0.05, 0.1) is 29.1 Å². The fourth-order valence-electron chi connectivity index (χ4n) is 13.1. The number of hydrogen-bond donors (Lipinski definition) is 6. The molecule has 0 amide bonds. The third-order valence-corrected chi connectivity index (χ3v) is 16.5. The van der Waals surface area contributed by atoms with Crippen LogP contribution in [0.15, 0.2) is 11.6 Å². The summed E-state index contributed by atoms with van der Waals surface area (Å²) in [7, 11) is 0. The van der Waals surface area contributed by atoms with Crippen molar-refractivity contribution in [1.82, 2.24) is 5.32 Å². The van der Waals surface area contributed by atoms with E-state index in [1.165, 1.54) is 19.3 Å². The van der Waals surface area contributed by atoms with Gasteiger partial charge in [-0.05, 0) is 150 Å². The van der Waals surface area contributed by atoms with Crippen molar-refractivity contribution >= 4 is 5.78 Å². The van der Waals surface area contributed by atoms with Crippen LogP contribution in [0.4, 0.5) is 0 Å². The molecule has 2 unspecified atom stereocenters. The number of aliphatic hydroxyl groups excluding tert-OH is 1. The summed E-state index contributed by atoms with van der Waals surface area (Å²) in [4.78, 5) is 14.1. The lowest BCUT2D eigenvalue weighted by atomic mass is 9.42. The lowest BCUT2D eigenvalue weighted by Crippen LogP contribution is -2.63. The number of carbonyl (C=O) groups is 1. The van der Waals surface area contributed by atoms with E-state index in [0.29, 0.717) is 31.1 Å². The number of nitrogens with two attached hydrogens (primary N) is 1. The van der Waals surface area contributed by atoms with Crippen LogP contribution in [0.2, 0.25) is 0 Å². The Balaban J connectivity index is 1.12. The van der Waals surface area contributed by atoms with Crippen molar-refractivity contribution < 1.29 is 30.0 Å². The fourth-order valence-corrected chi connectivity index (χ4v) is 13.1. The van der Waals surface area contributed by atoms with Crippen molar-refractivity contribution in [2.24, 2.45) is 51.6 Å². The van der Waals surface area contributed by atoms with Crippen molar-refractivity contribution in [2.45, 2.75) is 179 Å². The van der Waals surface area contributed by atoms with Gasteiger partial charge in [-0.1, -0.05) is 40.0 Å². The van der Waals surface area contributed by atoms with E-state index in [9.17, 15) is 25.2 Å². The van der Waals surface area contributed by atoms with Gasteiger partial charge in [0.15, 0.2) is 5.78 Å². The maximum Gasteiger partial charge on any atom is 0.159 e. The zero-order valence-corrected chi connectivity index (χ0v) is 30.5. The first-order valence-electron chi connectivity index (χ1n) is 19.7. The van der Waals surface area contributed by atoms with Crippen LogP contribution in [0.25, 0.3) is 0 Å². The molecule has 13 atom stereocenters. The molecule has 48 heavy (non-hydrogen) atoms. The molecule has 0 bridgehead atoms. The van der Waals surface area contributed by atoms with Gasteiger partial charge in [-0.25, -0.2) is 0 Å². The topological polar surface area (TPSA) is 149 Å². The number of ether oxygens (including phenoxy) is 1. The summed E-state index contributed by atoms with van der Waals surface area (Å²) in [6.45, 7) is 11.1. The highest BCUT2D eigenvalue weighted by atomic mass is 16.6. The lowest BCUT2D eigenvalue weighted by Gasteiger charge is -2.63. The number of aliphatic hydroxyl groups is 4. The van der Waals surface area contributed by atoms with Gasteiger partial charge >= 0.3 is 0 Å². The zero-order chi connectivity index (χ0) is 34.5. The van der Waals surface area contributed by atoms with Crippen LogP contribution in [0.1, 0.15) is 137 Å². The normalized spacial score (nSPS) is 47.6. The average Bonchev–Trinajstić information content (AvgIpc) is 3.81. The molecule has 7 aliphatic rings. The highest BCUT2D eigenvalue weighted by Crippen LogP contribution is 2.71. The molecule has 0 aromatic rings. The summed E-state index contributed by atoms with van der Waals surface area (Å²) in [5, 5.41) is 51.6. The number of allylic oxidation sites excluding steroid dienone is 1. The molecule has 0 aromatic heterocycles. The van der Waals surface area contributed by atoms with Gasteiger partial charge in [-0.2, -0.15) is 0 Å². The van der Waals surface area contributed by atoms with Gasteiger partial charge in [-0.15, -0.1) is 0 Å². The van der Waals surface area contributed by atoms with Gasteiger partial charge in [0.1, 0.15) is 12.2 Å². The Morgan fingerprint density at radius 1 is 0.938 bits per heavy atom. The SMILES string of the molecule is CC(C)(CCC1CCNC(N)C1)[C@@](C)(O)[C@H]1O[C@H]1[C@](C)(O)[C@H]1CC[C@@]2(O)C3=CC(=O)[C@H]4C[C@@H](O)CC[C@]4(C4CCCCC4)[C@@H]3CC[C@]12C. The maximum atomic E-state index is 14.1. The Morgan fingerprint density at radius 3 is 2.38 bits per heavy atom. The third-order valence-electron chi connectivity index (χ3n) is 16.5. The van der Waals surface area contributed by atoms with Gasteiger partial charge in [0, 0.05) is 11.3 Å². The number of rotatable bonds is 8. The monoisotopic (exact) mass is 670 g/mol. The molecule has 7 rings (SSSR count). The molecule has 8 nitrogen and oxygen atoms in total. The molecule has 6 fully saturated rings. The molecule has 4 saturated carbocycles. The molecule has 7 N–H and O–H groups in total. The molecule has 2 heterocycles. The van der Waals surface area contributed by atoms with Crippen molar-refractivity contribution in [3.05, 3.63) is 11.6 Å². The second kappa shape index (κ2) is 12.1. The second-order valence-electron chi connectivity index (χ2n) is 19.1. The summed E-state index contributed by atoms with van der Waals surface area (Å²) in [6.07, 6.45) is 15.2. The molecular formula is C40H66N2O6. The minimum atomic E-state index is -1.25. The molecule has 8 heteroatoms. The van der Waals surface area contributed by atoms with E-state index < -0.39 is 45.9 Å². The number of epoxide rings is 1. The third kappa shape index (κ3) is 5.27. The maximum absolute atomic E-state index is 14.1. The van der Waals surface area contributed by atoms with Crippen molar-refractivity contribution in [1.29, 1.82) is 0 Å². The molecule has 0 radical (unpaired) electrons. The van der Waals surface area contributed by atoms with Gasteiger partial charge in [-0.3, -0.25) is 4.79 Å². The van der Waals surface area contributed by atoms with Crippen LogP contribution in [0.5, 0.6) is 0 Å². The summed E-state index contributed by atoms with van der Waals surface area (Å²) >= 11 is 0.